The van der Waals surface area contributed by atoms with Gasteiger partial charge < -0.3 is 9.64 Å². The van der Waals surface area contributed by atoms with Gasteiger partial charge in [0.2, 0.25) is 0 Å². The van der Waals surface area contributed by atoms with Gasteiger partial charge in [-0.3, -0.25) is 9.80 Å². The van der Waals surface area contributed by atoms with Gasteiger partial charge in [0.15, 0.2) is 0 Å². The monoisotopic (exact) mass is 335 g/mol. The van der Waals surface area contributed by atoms with E-state index in [1.54, 1.807) is 0 Å². The number of morpholine rings is 1. The van der Waals surface area contributed by atoms with Crippen LogP contribution in [0.1, 0.15) is 22.6 Å². The maximum Gasteiger partial charge on any atom is 0.0870 e. The van der Waals surface area contributed by atoms with E-state index in [9.17, 15) is 0 Å². The summed E-state index contributed by atoms with van der Waals surface area (Å²) >= 11 is 1.93. The van der Waals surface area contributed by atoms with Gasteiger partial charge in [0.1, 0.15) is 0 Å². The normalized spacial score (nSPS) is 30.1. The summed E-state index contributed by atoms with van der Waals surface area (Å²) in [5.41, 5.74) is 0. The van der Waals surface area contributed by atoms with Gasteiger partial charge in [-0.2, -0.15) is 0 Å². The molecule has 3 aliphatic rings. The Kier molecular flexibility index (Phi) is 5.02. The topological polar surface area (TPSA) is 19.0 Å². The number of hydrogen-bond acceptors (Lipinski definition) is 5. The van der Waals surface area contributed by atoms with Gasteiger partial charge in [-0.1, -0.05) is 0 Å². The molecule has 3 aliphatic heterocycles. The Morgan fingerprint density at radius 2 is 1.96 bits per heavy atom. The second-order valence-electron chi connectivity index (χ2n) is 7.27. The van der Waals surface area contributed by atoms with Crippen LogP contribution >= 0.6 is 11.3 Å². The molecule has 0 N–H and O–H groups in total. The first-order valence-electron chi connectivity index (χ1n) is 9.13. The minimum absolute atomic E-state index is 0.420. The lowest BCUT2D eigenvalue weighted by molar-refractivity contribution is -0.0488. The molecule has 1 aromatic rings. The van der Waals surface area contributed by atoms with E-state index in [1.807, 2.05) is 11.3 Å². The minimum atomic E-state index is 0.420. The fourth-order valence-corrected chi connectivity index (χ4v) is 5.24. The molecule has 4 heterocycles. The van der Waals surface area contributed by atoms with Gasteiger partial charge in [-0.15, -0.1) is 11.3 Å². The van der Waals surface area contributed by atoms with Crippen LogP contribution < -0.4 is 0 Å². The third kappa shape index (κ3) is 3.80. The van der Waals surface area contributed by atoms with Gasteiger partial charge in [-0.05, 0) is 45.0 Å². The van der Waals surface area contributed by atoms with Crippen molar-refractivity contribution in [1.29, 1.82) is 0 Å². The third-order valence-electron chi connectivity index (χ3n) is 5.57. The van der Waals surface area contributed by atoms with E-state index in [0.29, 0.717) is 12.1 Å². The lowest BCUT2D eigenvalue weighted by atomic mass is 10.1. The van der Waals surface area contributed by atoms with Crippen LogP contribution in [0.25, 0.3) is 0 Å². The van der Waals surface area contributed by atoms with Gasteiger partial charge >= 0.3 is 0 Å². The average molecular weight is 336 g/mol. The standard InChI is InChI=1S/C18H29N3OS/c1-15-4-5-16(23-15)12-20-13-17-18(14-20)22-11-10-21(17)9-8-19-6-2-3-7-19/h4-5,17-18H,2-3,6-14H2,1H3/t17-,18-/m1/s1. The van der Waals surface area contributed by atoms with Crippen LogP contribution in [0.2, 0.25) is 0 Å². The molecule has 0 aromatic carbocycles. The summed E-state index contributed by atoms with van der Waals surface area (Å²) in [5.74, 6) is 0. The molecule has 4 rings (SSSR count). The predicted molar refractivity (Wildman–Crippen MR) is 95.1 cm³/mol. The van der Waals surface area contributed by atoms with E-state index >= 15 is 0 Å². The van der Waals surface area contributed by atoms with Crippen molar-refractivity contribution in [2.45, 2.75) is 38.5 Å². The maximum absolute atomic E-state index is 6.08. The first kappa shape index (κ1) is 16.0. The lowest BCUT2D eigenvalue weighted by Gasteiger charge is -2.37. The highest BCUT2D eigenvalue weighted by Gasteiger charge is 2.39. The maximum atomic E-state index is 6.08. The van der Waals surface area contributed by atoms with Crippen molar-refractivity contribution in [3.05, 3.63) is 21.9 Å². The van der Waals surface area contributed by atoms with Crippen LogP contribution in [0.3, 0.4) is 0 Å². The van der Waals surface area contributed by atoms with Crippen molar-refractivity contribution in [2.24, 2.45) is 0 Å². The Bertz CT molecular complexity index is 514. The molecule has 23 heavy (non-hydrogen) atoms. The second kappa shape index (κ2) is 7.19. The summed E-state index contributed by atoms with van der Waals surface area (Å²) in [6, 6.07) is 5.13. The van der Waals surface area contributed by atoms with E-state index < -0.39 is 0 Å². The molecule has 0 amide bonds. The van der Waals surface area contributed by atoms with Crippen molar-refractivity contribution in [1.82, 2.24) is 14.7 Å². The van der Waals surface area contributed by atoms with E-state index in [0.717, 1.165) is 26.2 Å². The zero-order chi connectivity index (χ0) is 15.6. The molecule has 3 fully saturated rings. The number of thiophene rings is 1. The van der Waals surface area contributed by atoms with Crippen molar-refractivity contribution in [2.75, 3.05) is 52.4 Å². The van der Waals surface area contributed by atoms with Crippen LogP contribution in [0.15, 0.2) is 12.1 Å². The number of ether oxygens (including phenoxy) is 1. The molecule has 3 saturated heterocycles. The van der Waals surface area contributed by atoms with Gasteiger partial charge in [0.25, 0.3) is 0 Å². The SMILES string of the molecule is Cc1ccc(CN2C[C@@H]3[C@@H](C2)OCCN3CCN2CCCC2)s1. The quantitative estimate of drug-likeness (QED) is 0.820. The number of rotatable bonds is 5. The van der Waals surface area contributed by atoms with Gasteiger partial charge in [0.05, 0.1) is 12.7 Å². The van der Waals surface area contributed by atoms with Gasteiger partial charge in [-0.25, -0.2) is 0 Å². The average Bonchev–Trinajstić information content (AvgIpc) is 3.26. The largest absolute Gasteiger partial charge is 0.374 e. The van der Waals surface area contributed by atoms with E-state index in [4.69, 9.17) is 4.74 Å². The van der Waals surface area contributed by atoms with Crippen molar-refractivity contribution >= 4 is 11.3 Å². The highest BCUT2D eigenvalue weighted by atomic mass is 32.1. The molecule has 1 aromatic heterocycles. The minimum Gasteiger partial charge on any atom is -0.374 e. The highest BCUT2D eigenvalue weighted by molar-refractivity contribution is 7.11. The van der Waals surface area contributed by atoms with Crippen molar-refractivity contribution < 1.29 is 4.74 Å². The van der Waals surface area contributed by atoms with Crippen LogP contribution in [0.5, 0.6) is 0 Å². The van der Waals surface area contributed by atoms with Gasteiger partial charge in [0, 0.05) is 55.1 Å². The predicted octanol–water partition coefficient (Wildman–Crippen LogP) is 2.04. The van der Waals surface area contributed by atoms with Crippen LogP contribution in [-0.4, -0.2) is 79.3 Å². The Morgan fingerprint density at radius 3 is 2.74 bits per heavy atom. The molecule has 128 valence electrons. The fraction of sp³-hybridized carbons (Fsp3) is 0.778. The molecule has 5 heteroatoms. The number of aryl methyl sites for hydroxylation is 1. The second-order valence-corrected chi connectivity index (χ2v) is 8.64. The molecule has 0 spiro atoms. The van der Waals surface area contributed by atoms with Crippen LogP contribution in [0, 0.1) is 6.92 Å². The Hall–Kier alpha value is -0.460. The lowest BCUT2D eigenvalue weighted by Crippen LogP contribution is -2.52. The van der Waals surface area contributed by atoms with Crippen LogP contribution in [-0.2, 0) is 11.3 Å². The molecule has 0 unspecified atom stereocenters. The molecule has 0 radical (unpaired) electrons. The molecule has 0 bridgehead atoms. The molecule has 2 atom stereocenters. The highest BCUT2D eigenvalue weighted by Crippen LogP contribution is 2.26. The van der Waals surface area contributed by atoms with E-state index in [1.165, 1.54) is 55.3 Å². The summed E-state index contributed by atoms with van der Waals surface area (Å²) in [7, 11) is 0. The Labute approximate surface area is 144 Å². The molecular formula is C18H29N3OS. The first-order chi connectivity index (χ1) is 11.3. The number of likely N-dealkylation sites (tertiary alicyclic amines) is 2. The Morgan fingerprint density at radius 1 is 1.09 bits per heavy atom. The Balaban J connectivity index is 1.32. The van der Waals surface area contributed by atoms with E-state index in [-0.39, 0.29) is 0 Å². The third-order valence-corrected chi connectivity index (χ3v) is 6.56. The zero-order valence-electron chi connectivity index (χ0n) is 14.2. The summed E-state index contributed by atoms with van der Waals surface area (Å²) in [4.78, 5) is 10.8. The smallest absolute Gasteiger partial charge is 0.0870 e. The molecule has 4 nitrogen and oxygen atoms in total. The zero-order valence-corrected chi connectivity index (χ0v) is 15.1. The fourth-order valence-electron chi connectivity index (χ4n) is 4.31. The van der Waals surface area contributed by atoms with Crippen molar-refractivity contribution in [3.8, 4) is 0 Å². The number of fused-ring (bicyclic) bond motifs is 1. The number of nitrogens with zero attached hydrogens (tertiary/aromatic N) is 3. The summed E-state index contributed by atoms with van der Waals surface area (Å²) in [6.07, 6.45) is 3.20. The molecule has 0 saturated carbocycles. The summed E-state index contributed by atoms with van der Waals surface area (Å²) in [5, 5.41) is 0. The van der Waals surface area contributed by atoms with Crippen LogP contribution in [0.4, 0.5) is 0 Å². The number of hydrogen-bond donors (Lipinski definition) is 0. The first-order valence-corrected chi connectivity index (χ1v) is 9.95. The molecular weight excluding hydrogens is 306 g/mol. The summed E-state index contributed by atoms with van der Waals surface area (Å²) < 4.78 is 6.08. The molecule has 0 aliphatic carbocycles. The van der Waals surface area contributed by atoms with E-state index in [2.05, 4.69) is 33.8 Å². The van der Waals surface area contributed by atoms with Crippen molar-refractivity contribution in [3.63, 3.8) is 0 Å². The summed E-state index contributed by atoms with van der Waals surface area (Å²) in [6.45, 7) is 12.7.